The van der Waals surface area contributed by atoms with Crippen molar-refractivity contribution < 1.29 is 0 Å². The highest BCUT2D eigenvalue weighted by molar-refractivity contribution is 7.71. The van der Waals surface area contributed by atoms with Crippen molar-refractivity contribution in [2.45, 2.75) is 13.8 Å². The van der Waals surface area contributed by atoms with Crippen LogP contribution in [0.1, 0.15) is 11.1 Å². The molecule has 0 atom stereocenters. The molecule has 5 nitrogen and oxygen atoms in total. The maximum atomic E-state index is 5.12. The molecule has 0 bridgehead atoms. The third kappa shape index (κ3) is 1.62. The molecule has 2 aromatic heterocycles. The van der Waals surface area contributed by atoms with E-state index in [1.54, 1.807) is 11.0 Å². The van der Waals surface area contributed by atoms with E-state index in [0.29, 0.717) is 10.2 Å². The third-order valence-corrected chi connectivity index (χ3v) is 3.14. The lowest BCUT2D eigenvalue weighted by Crippen LogP contribution is -2.00. The average molecular weight is 257 g/mol. The number of H-pyrrole nitrogens is 1. The second-order valence-electron chi connectivity index (χ2n) is 4.20. The van der Waals surface area contributed by atoms with Gasteiger partial charge in [0, 0.05) is 0 Å². The molecule has 0 unspecified atom stereocenters. The fraction of sp³-hybridized carbons (Fsp3) is 0.167. The number of hydrogen-bond acceptors (Lipinski definition) is 4. The molecule has 0 aliphatic heterocycles. The van der Waals surface area contributed by atoms with E-state index >= 15 is 0 Å². The number of benzene rings is 1. The van der Waals surface area contributed by atoms with Crippen LogP contribution in [-0.2, 0) is 0 Å². The minimum absolute atomic E-state index is 0.458. The highest BCUT2D eigenvalue weighted by atomic mass is 32.1. The van der Waals surface area contributed by atoms with Crippen molar-refractivity contribution in [1.29, 1.82) is 0 Å². The predicted octanol–water partition coefficient (Wildman–Crippen LogP) is 2.49. The van der Waals surface area contributed by atoms with Gasteiger partial charge in [-0.1, -0.05) is 35.1 Å². The van der Waals surface area contributed by atoms with Gasteiger partial charge < -0.3 is 4.98 Å². The Hall–Kier alpha value is -2.08. The first kappa shape index (κ1) is 11.0. The van der Waals surface area contributed by atoms with Crippen LogP contribution in [-0.4, -0.2) is 25.0 Å². The smallest absolute Gasteiger partial charge is 0.167 e. The van der Waals surface area contributed by atoms with Gasteiger partial charge in [-0.15, -0.1) is 5.10 Å². The fourth-order valence-corrected chi connectivity index (χ4v) is 2.17. The summed E-state index contributed by atoms with van der Waals surface area (Å²) in [5, 5.41) is 8.22. The Balaban J connectivity index is 2.32. The number of aromatic nitrogens is 5. The molecule has 0 spiro atoms. The van der Waals surface area contributed by atoms with Gasteiger partial charge in [-0.2, -0.15) is 4.68 Å². The number of rotatable bonds is 1. The molecular weight excluding hydrogens is 246 g/mol. The lowest BCUT2D eigenvalue weighted by Gasteiger charge is -2.06. The normalized spacial score (nSPS) is 11.0. The molecule has 0 saturated heterocycles. The van der Waals surface area contributed by atoms with Crippen molar-refractivity contribution in [3.05, 3.63) is 40.3 Å². The quantitative estimate of drug-likeness (QED) is 0.680. The summed E-state index contributed by atoms with van der Waals surface area (Å²) < 4.78 is 2.21. The maximum absolute atomic E-state index is 5.12. The Morgan fingerprint density at radius 1 is 1.28 bits per heavy atom. The molecule has 0 saturated carbocycles. The number of aryl methyl sites for hydroxylation is 2. The molecule has 3 aromatic rings. The highest BCUT2D eigenvalue weighted by Crippen LogP contribution is 2.18. The van der Waals surface area contributed by atoms with Crippen molar-refractivity contribution in [2.24, 2.45) is 0 Å². The minimum atomic E-state index is 0.458. The molecule has 6 heteroatoms. The summed E-state index contributed by atoms with van der Waals surface area (Å²) in [7, 11) is 0. The molecule has 0 radical (unpaired) electrons. The highest BCUT2D eigenvalue weighted by Gasteiger charge is 2.10. The average Bonchev–Trinajstić information content (AvgIpc) is 2.74. The van der Waals surface area contributed by atoms with Gasteiger partial charge in [0.2, 0.25) is 0 Å². The fourth-order valence-electron chi connectivity index (χ4n) is 1.98. The van der Waals surface area contributed by atoms with Gasteiger partial charge in [0.25, 0.3) is 0 Å². The molecule has 2 heterocycles. The Morgan fingerprint density at radius 3 is 2.89 bits per heavy atom. The zero-order valence-electron chi connectivity index (χ0n) is 10.0. The van der Waals surface area contributed by atoms with Crippen molar-refractivity contribution in [3.63, 3.8) is 0 Å². The molecule has 0 amide bonds. The monoisotopic (exact) mass is 257 g/mol. The van der Waals surface area contributed by atoms with Gasteiger partial charge in [0.15, 0.2) is 15.8 Å². The number of nitrogens with one attached hydrogen (secondary N) is 1. The molecule has 1 aromatic carbocycles. The Kier molecular flexibility index (Phi) is 2.45. The van der Waals surface area contributed by atoms with Crippen LogP contribution in [0.5, 0.6) is 0 Å². The second-order valence-corrected chi connectivity index (χ2v) is 4.58. The lowest BCUT2D eigenvalue weighted by molar-refractivity contribution is 0.812. The Morgan fingerprint density at radius 2 is 2.11 bits per heavy atom. The van der Waals surface area contributed by atoms with E-state index in [9.17, 15) is 0 Å². The molecular formula is C12H11N5S. The van der Waals surface area contributed by atoms with Crippen LogP contribution in [0, 0.1) is 18.5 Å². The summed E-state index contributed by atoms with van der Waals surface area (Å²) >= 11 is 5.12. The van der Waals surface area contributed by atoms with Crippen LogP contribution in [0.3, 0.4) is 0 Å². The molecule has 3 rings (SSSR count). The molecule has 18 heavy (non-hydrogen) atoms. The summed E-state index contributed by atoms with van der Waals surface area (Å²) in [6.45, 7) is 4.11. The zero-order chi connectivity index (χ0) is 12.7. The Bertz CT molecular complexity index is 787. The summed E-state index contributed by atoms with van der Waals surface area (Å²) in [6.07, 6.45) is 1.56. The predicted molar refractivity (Wildman–Crippen MR) is 71.3 cm³/mol. The maximum Gasteiger partial charge on any atom is 0.167 e. The third-order valence-electron chi connectivity index (χ3n) is 2.84. The van der Waals surface area contributed by atoms with Crippen molar-refractivity contribution in [1.82, 2.24) is 25.0 Å². The van der Waals surface area contributed by atoms with Gasteiger partial charge in [-0.25, -0.2) is 4.98 Å². The van der Waals surface area contributed by atoms with Crippen LogP contribution in [0.2, 0.25) is 0 Å². The van der Waals surface area contributed by atoms with Crippen molar-refractivity contribution in [3.8, 4) is 5.69 Å². The summed E-state index contributed by atoms with van der Waals surface area (Å²) in [5.74, 6) is 0. The van der Waals surface area contributed by atoms with E-state index in [1.807, 2.05) is 19.1 Å². The van der Waals surface area contributed by atoms with Crippen LogP contribution in [0.15, 0.2) is 24.5 Å². The van der Waals surface area contributed by atoms with Crippen molar-refractivity contribution >= 4 is 23.4 Å². The van der Waals surface area contributed by atoms with E-state index < -0.39 is 0 Å². The Labute approximate surface area is 108 Å². The zero-order valence-corrected chi connectivity index (χ0v) is 10.8. The number of fused-ring (bicyclic) bond motifs is 1. The summed E-state index contributed by atoms with van der Waals surface area (Å²) in [6, 6.07) is 6.18. The van der Waals surface area contributed by atoms with E-state index in [-0.39, 0.29) is 0 Å². The SMILES string of the molecule is Cc1ccc(-n2nnc3c(=S)nc[nH]c32)c(C)c1. The minimum Gasteiger partial charge on any atom is -0.329 e. The summed E-state index contributed by atoms with van der Waals surface area (Å²) in [4.78, 5) is 7.04. The summed E-state index contributed by atoms with van der Waals surface area (Å²) in [5.41, 5.74) is 4.72. The first-order chi connectivity index (χ1) is 8.66. The van der Waals surface area contributed by atoms with Crippen LogP contribution < -0.4 is 0 Å². The van der Waals surface area contributed by atoms with Crippen LogP contribution in [0.25, 0.3) is 16.9 Å². The first-order valence-electron chi connectivity index (χ1n) is 5.53. The standard InChI is InChI=1S/C12H11N5S/c1-7-3-4-9(8(2)5-7)17-11-10(15-16-17)12(18)14-6-13-11/h3-6H,1-2H3,(H,13,14,18). The first-order valence-corrected chi connectivity index (χ1v) is 5.94. The van der Waals surface area contributed by atoms with Gasteiger partial charge in [0.05, 0.1) is 12.0 Å². The van der Waals surface area contributed by atoms with Crippen LogP contribution in [0.4, 0.5) is 0 Å². The van der Waals surface area contributed by atoms with Gasteiger partial charge >= 0.3 is 0 Å². The molecule has 0 aliphatic carbocycles. The van der Waals surface area contributed by atoms with Gasteiger partial charge in [-0.3, -0.25) is 0 Å². The van der Waals surface area contributed by atoms with E-state index in [1.165, 1.54) is 5.56 Å². The largest absolute Gasteiger partial charge is 0.329 e. The lowest BCUT2D eigenvalue weighted by atomic mass is 10.1. The number of aromatic amines is 1. The van der Waals surface area contributed by atoms with E-state index in [0.717, 1.165) is 16.9 Å². The number of hydrogen-bond donors (Lipinski definition) is 1. The topological polar surface area (TPSA) is 59.4 Å². The molecule has 0 fully saturated rings. The van der Waals surface area contributed by atoms with Crippen LogP contribution >= 0.6 is 12.2 Å². The van der Waals surface area contributed by atoms with Gasteiger partial charge in [0.1, 0.15) is 0 Å². The number of nitrogens with zero attached hydrogens (tertiary/aromatic N) is 4. The molecule has 0 aliphatic rings. The van der Waals surface area contributed by atoms with E-state index in [2.05, 4.69) is 33.3 Å². The van der Waals surface area contributed by atoms with E-state index in [4.69, 9.17) is 12.2 Å². The second kappa shape index (κ2) is 3.99. The van der Waals surface area contributed by atoms with Gasteiger partial charge in [-0.05, 0) is 25.5 Å². The van der Waals surface area contributed by atoms with Crippen molar-refractivity contribution in [2.75, 3.05) is 0 Å². The molecule has 90 valence electrons. The molecule has 1 N–H and O–H groups in total.